The van der Waals surface area contributed by atoms with Crippen LogP contribution in [0.1, 0.15) is 26.3 Å². The SMILES string of the molecule is CCN(CC)C(=O)/C=C(\C)c1cc2c(-c3ccc(OC)c(OC)c3)coc2cc1OC. The maximum absolute atomic E-state index is 12.6. The highest BCUT2D eigenvalue weighted by atomic mass is 16.5. The number of methoxy groups -OCH3 is 3. The van der Waals surface area contributed by atoms with Crippen LogP contribution in [0.2, 0.25) is 0 Å². The third kappa shape index (κ3) is 4.38. The maximum Gasteiger partial charge on any atom is 0.246 e. The smallest absolute Gasteiger partial charge is 0.246 e. The van der Waals surface area contributed by atoms with Gasteiger partial charge in [-0.1, -0.05) is 6.07 Å². The van der Waals surface area contributed by atoms with Gasteiger partial charge in [0.15, 0.2) is 11.5 Å². The molecule has 0 aliphatic carbocycles. The zero-order chi connectivity index (χ0) is 22.5. The molecule has 1 heterocycles. The molecule has 3 rings (SSSR count). The lowest BCUT2D eigenvalue weighted by atomic mass is 9.99. The average Bonchev–Trinajstić information content (AvgIpc) is 3.21. The monoisotopic (exact) mass is 423 g/mol. The van der Waals surface area contributed by atoms with Crippen molar-refractivity contribution in [3.63, 3.8) is 0 Å². The topological polar surface area (TPSA) is 61.1 Å². The van der Waals surface area contributed by atoms with Crippen molar-refractivity contribution in [2.75, 3.05) is 34.4 Å². The first-order valence-electron chi connectivity index (χ1n) is 10.3. The van der Waals surface area contributed by atoms with E-state index in [2.05, 4.69) is 0 Å². The number of allylic oxidation sites excluding steroid dienone is 1. The van der Waals surface area contributed by atoms with Gasteiger partial charge in [-0.05, 0) is 50.1 Å². The zero-order valence-electron chi connectivity index (χ0n) is 18.9. The van der Waals surface area contributed by atoms with Crippen LogP contribution in [0.25, 0.3) is 27.7 Å². The Hall–Kier alpha value is -3.41. The predicted octanol–water partition coefficient (Wildman–Crippen LogP) is 5.40. The van der Waals surface area contributed by atoms with Gasteiger partial charge in [-0.2, -0.15) is 0 Å². The van der Waals surface area contributed by atoms with Gasteiger partial charge in [0.2, 0.25) is 5.91 Å². The van der Waals surface area contributed by atoms with Crippen LogP contribution in [-0.4, -0.2) is 45.2 Å². The fraction of sp³-hybridized carbons (Fsp3) is 0.320. The van der Waals surface area contributed by atoms with E-state index in [-0.39, 0.29) is 5.91 Å². The number of fused-ring (bicyclic) bond motifs is 1. The van der Waals surface area contributed by atoms with E-state index >= 15 is 0 Å². The van der Waals surface area contributed by atoms with E-state index in [0.29, 0.717) is 35.9 Å². The van der Waals surface area contributed by atoms with Crippen molar-refractivity contribution in [2.24, 2.45) is 0 Å². The van der Waals surface area contributed by atoms with Crippen LogP contribution in [0.5, 0.6) is 17.2 Å². The third-order valence-corrected chi connectivity index (χ3v) is 5.43. The summed E-state index contributed by atoms with van der Waals surface area (Å²) in [6.07, 6.45) is 3.38. The highest BCUT2D eigenvalue weighted by Crippen LogP contribution is 2.39. The number of benzene rings is 2. The number of nitrogens with zero attached hydrogens (tertiary/aromatic N) is 1. The quantitative estimate of drug-likeness (QED) is 0.454. The van der Waals surface area contributed by atoms with E-state index in [0.717, 1.165) is 27.6 Å². The molecule has 0 fully saturated rings. The van der Waals surface area contributed by atoms with Crippen LogP contribution >= 0.6 is 0 Å². The lowest BCUT2D eigenvalue weighted by Gasteiger charge is -2.17. The molecule has 1 aromatic heterocycles. The van der Waals surface area contributed by atoms with Gasteiger partial charge in [-0.3, -0.25) is 4.79 Å². The van der Waals surface area contributed by atoms with Crippen molar-refractivity contribution in [1.82, 2.24) is 4.90 Å². The fourth-order valence-electron chi connectivity index (χ4n) is 3.65. The van der Waals surface area contributed by atoms with Gasteiger partial charge in [0.25, 0.3) is 0 Å². The second kappa shape index (κ2) is 9.60. The summed E-state index contributed by atoms with van der Waals surface area (Å²) in [7, 11) is 4.83. The summed E-state index contributed by atoms with van der Waals surface area (Å²) in [5, 5.41) is 0.922. The van der Waals surface area contributed by atoms with Crippen molar-refractivity contribution in [1.29, 1.82) is 0 Å². The normalized spacial score (nSPS) is 11.5. The molecule has 0 aliphatic rings. The molecular weight excluding hydrogens is 394 g/mol. The molecule has 0 unspecified atom stereocenters. The second-order valence-corrected chi connectivity index (χ2v) is 7.11. The minimum Gasteiger partial charge on any atom is -0.496 e. The predicted molar refractivity (Wildman–Crippen MR) is 123 cm³/mol. The highest BCUT2D eigenvalue weighted by molar-refractivity contribution is 6.00. The molecule has 0 bridgehead atoms. The molecule has 6 heteroatoms. The molecule has 3 aromatic rings. The molecule has 0 aliphatic heterocycles. The van der Waals surface area contributed by atoms with Gasteiger partial charge in [0.05, 0.1) is 27.6 Å². The van der Waals surface area contributed by atoms with Crippen LogP contribution in [0, 0.1) is 0 Å². The van der Waals surface area contributed by atoms with Crippen LogP contribution in [0.3, 0.4) is 0 Å². The number of hydrogen-bond acceptors (Lipinski definition) is 5. The summed E-state index contributed by atoms with van der Waals surface area (Å²) in [6.45, 7) is 7.19. The molecule has 0 saturated heterocycles. The lowest BCUT2D eigenvalue weighted by Crippen LogP contribution is -2.28. The van der Waals surface area contributed by atoms with Gasteiger partial charge in [-0.15, -0.1) is 0 Å². The van der Waals surface area contributed by atoms with Gasteiger partial charge < -0.3 is 23.5 Å². The van der Waals surface area contributed by atoms with E-state index in [9.17, 15) is 4.79 Å². The minimum atomic E-state index is -0.0167. The van der Waals surface area contributed by atoms with E-state index in [1.165, 1.54) is 0 Å². The first-order valence-corrected chi connectivity index (χ1v) is 10.3. The van der Waals surface area contributed by atoms with Crippen molar-refractivity contribution in [2.45, 2.75) is 20.8 Å². The Kier molecular flexibility index (Phi) is 6.90. The van der Waals surface area contributed by atoms with E-state index in [1.807, 2.05) is 51.1 Å². The number of ether oxygens (including phenoxy) is 3. The average molecular weight is 424 g/mol. The van der Waals surface area contributed by atoms with Crippen molar-refractivity contribution >= 4 is 22.4 Å². The summed E-state index contributed by atoms with van der Waals surface area (Å²) >= 11 is 0. The molecule has 0 spiro atoms. The molecule has 0 N–H and O–H groups in total. The lowest BCUT2D eigenvalue weighted by molar-refractivity contribution is -0.125. The first kappa shape index (κ1) is 22.3. The van der Waals surface area contributed by atoms with Gasteiger partial charge in [-0.25, -0.2) is 0 Å². The Bertz CT molecular complexity index is 1110. The Morgan fingerprint density at radius 3 is 2.26 bits per heavy atom. The van der Waals surface area contributed by atoms with E-state index in [1.54, 1.807) is 38.6 Å². The largest absolute Gasteiger partial charge is 0.496 e. The minimum absolute atomic E-state index is 0.0167. The number of amides is 1. The fourth-order valence-corrected chi connectivity index (χ4v) is 3.65. The van der Waals surface area contributed by atoms with Gasteiger partial charge in [0, 0.05) is 41.7 Å². The maximum atomic E-state index is 12.6. The number of likely N-dealkylation sites (N-methyl/N-ethyl adjacent to an activating group) is 1. The number of furan rings is 1. The number of hydrogen-bond donors (Lipinski definition) is 0. The molecule has 31 heavy (non-hydrogen) atoms. The molecule has 0 atom stereocenters. The third-order valence-electron chi connectivity index (χ3n) is 5.43. The van der Waals surface area contributed by atoms with Crippen molar-refractivity contribution in [3.8, 4) is 28.4 Å². The summed E-state index contributed by atoms with van der Waals surface area (Å²) in [4.78, 5) is 14.4. The molecule has 164 valence electrons. The Labute approximate surface area is 183 Å². The summed E-state index contributed by atoms with van der Waals surface area (Å²) in [6, 6.07) is 9.60. The van der Waals surface area contributed by atoms with E-state index < -0.39 is 0 Å². The highest BCUT2D eigenvalue weighted by Gasteiger charge is 2.17. The molecular formula is C25H29NO5. The van der Waals surface area contributed by atoms with Gasteiger partial charge >= 0.3 is 0 Å². The summed E-state index contributed by atoms with van der Waals surface area (Å²) < 4.78 is 22.2. The standard InChI is InChI=1S/C25H29NO5/c1-7-26(8-2)25(27)11-16(3)18-13-19-20(15-31-23(19)14-22(18)29-5)17-9-10-21(28-4)24(12-17)30-6/h9-15H,7-8H2,1-6H3/b16-11+. The van der Waals surface area contributed by atoms with Crippen molar-refractivity contribution in [3.05, 3.63) is 48.2 Å². The number of carbonyl (C=O) groups excluding carboxylic acids is 1. The van der Waals surface area contributed by atoms with Crippen LogP contribution in [-0.2, 0) is 4.79 Å². The van der Waals surface area contributed by atoms with Crippen LogP contribution < -0.4 is 14.2 Å². The van der Waals surface area contributed by atoms with Crippen LogP contribution in [0.4, 0.5) is 0 Å². The number of carbonyl (C=O) groups is 1. The molecule has 6 nitrogen and oxygen atoms in total. The summed E-state index contributed by atoms with van der Waals surface area (Å²) in [5.41, 5.74) is 4.23. The second-order valence-electron chi connectivity index (χ2n) is 7.11. The Morgan fingerprint density at radius 1 is 0.968 bits per heavy atom. The van der Waals surface area contributed by atoms with Crippen LogP contribution in [0.15, 0.2) is 47.1 Å². The van der Waals surface area contributed by atoms with E-state index in [4.69, 9.17) is 18.6 Å². The zero-order valence-corrected chi connectivity index (χ0v) is 18.9. The van der Waals surface area contributed by atoms with Crippen molar-refractivity contribution < 1.29 is 23.4 Å². The molecule has 1 amide bonds. The van der Waals surface area contributed by atoms with Gasteiger partial charge in [0.1, 0.15) is 11.3 Å². The molecule has 2 aromatic carbocycles. The Morgan fingerprint density at radius 2 is 1.65 bits per heavy atom. The summed E-state index contributed by atoms with van der Waals surface area (Å²) in [5.74, 6) is 1.94. The molecule has 0 radical (unpaired) electrons. The first-order chi connectivity index (χ1) is 15.0. The number of rotatable bonds is 8. The molecule has 0 saturated carbocycles. The Balaban J connectivity index is 2.12.